The molecule has 0 spiro atoms. The number of hydrogen-bond donors (Lipinski definition) is 0. The molecule has 9 heteroatoms. The molecule has 0 heterocycles. The largest absolute Gasteiger partial charge is 0.469 e. The molecule has 0 unspecified atom stereocenters. The van der Waals surface area contributed by atoms with Crippen LogP contribution in [0, 0.1) is 0 Å². The molecule has 0 aliphatic carbocycles. The van der Waals surface area contributed by atoms with Crippen LogP contribution >= 0.6 is 0 Å². The molecule has 0 amide bonds. The van der Waals surface area contributed by atoms with Gasteiger partial charge in [-0.25, -0.2) is 0 Å². The maximum Gasteiger partial charge on any atom is 0.307 e. The Bertz CT molecular complexity index is 369. The van der Waals surface area contributed by atoms with Gasteiger partial charge in [0.2, 0.25) is 0 Å². The van der Waals surface area contributed by atoms with Crippen LogP contribution in [0.15, 0.2) is 0 Å². The highest BCUT2D eigenvalue weighted by Gasteiger charge is 1.99. The first-order chi connectivity index (χ1) is 15.8. The van der Waals surface area contributed by atoms with E-state index in [0.717, 1.165) is 13.0 Å². The van der Waals surface area contributed by atoms with Crippen LogP contribution in [0.5, 0.6) is 0 Å². The zero-order valence-electron chi connectivity index (χ0n) is 20.3. The number of ether oxygens (including phenoxy) is 8. The van der Waals surface area contributed by atoms with E-state index in [1.165, 1.54) is 32.8 Å². The molecule has 0 fully saturated rings. The molecule has 0 saturated carbocycles. The fourth-order valence-electron chi connectivity index (χ4n) is 2.49. The van der Waals surface area contributed by atoms with E-state index in [1.54, 1.807) is 0 Å². The third kappa shape index (κ3) is 27.2. The van der Waals surface area contributed by atoms with Crippen molar-refractivity contribution in [3.05, 3.63) is 0 Å². The van der Waals surface area contributed by atoms with E-state index in [-0.39, 0.29) is 12.4 Å². The van der Waals surface area contributed by atoms with Crippen LogP contribution in [0.1, 0.15) is 45.4 Å². The fourth-order valence-corrected chi connectivity index (χ4v) is 2.49. The lowest BCUT2D eigenvalue weighted by Crippen LogP contribution is -2.14. The molecule has 0 aromatic heterocycles. The molecular weight excluding hydrogens is 420 g/mol. The van der Waals surface area contributed by atoms with Crippen LogP contribution in [0.2, 0.25) is 0 Å². The summed E-state index contributed by atoms with van der Waals surface area (Å²) in [4.78, 5) is 10.9. The Morgan fingerprint density at radius 2 is 0.812 bits per heavy atom. The van der Waals surface area contributed by atoms with Crippen LogP contribution in [0.25, 0.3) is 0 Å². The Balaban J connectivity index is 3.02. The first-order valence-corrected chi connectivity index (χ1v) is 11.9. The van der Waals surface area contributed by atoms with Crippen molar-refractivity contribution in [2.45, 2.75) is 45.4 Å². The van der Waals surface area contributed by atoms with Gasteiger partial charge in [0.1, 0.15) is 0 Å². The standard InChI is InChI=1S/C23H46O9/c1-3-4-5-6-7-9-26-11-13-28-15-17-30-19-21-32-22-20-31-18-16-29-14-12-27-10-8-23(24)25-2/h3-22H2,1-2H3. The van der Waals surface area contributed by atoms with Crippen molar-refractivity contribution in [1.29, 1.82) is 0 Å². The first kappa shape index (κ1) is 31.2. The molecule has 0 aromatic rings. The van der Waals surface area contributed by atoms with Crippen molar-refractivity contribution in [3.8, 4) is 0 Å². The Hall–Kier alpha value is -0.810. The lowest BCUT2D eigenvalue weighted by atomic mass is 10.2. The maximum atomic E-state index is 10.9. The molecule has 0 saturated heterocycles. The van der Waals surface area contributed by atoms with Crippen LogP contribution in [-0.2, 0) is 42.7 Å². The van der Waals surface area contributed by atoms with Gasteiger partial charge >= 0.3 is 5.97 Å². The van der Waals surface area contributed by atoms with E-state index in [4.69, 9.17) is 33.2 Å². The summed E-state index contributed by atoms with van der Waals surface area (Å²) >= 11 is 0. The molecular formula is C23H46O9. The van der Waals surface area contributed by atoms with Gasteiger partial charge in [-0.05, 0) is 6.42 Å². The zero-order valence-corrected chi connectivity index (χ0v) is 20.3. The Labute approximate surface area is 194 Å². The predicted molar refractivity (Wildman–Crippen MR) is 121 cm³/mol. The van der Waals surface area contributed by atoms with Crippen LogP contribution < -0.4 is 0 Å². The van der Waals surface area contributed by atoms with Crippen LogP contribution in [0.3, 0.4) is 0 Å². The monoisotopic (exact) mass is 466 g/mol. The molecule has 0 aliphatic heterocycles. The average molecular weight is 467 g/mol. The van der Waals surface area contributed by atoms with Crippen molar-refractivity contribution in [3.63, 3.8) is 0 Å². The summed E-state index contributed by atoms with van der Waals surface area (Å²) in [5.41, 5.74) is 0. The third-order valence-corrected chi connectivity index (χ3v) is 4.30. The summed E-state index contributed by atoms with van der Waals surface area (Å²) in [6.45, 7) is 9.78. The molecule has 0 aromatic carbocycles. The summed E-state index contributed by atoms with van der Waals surface area (Å²) in [6, 6.07) is 0. The average Bonchev–Trinajstić information content (AvgIpc) is 2.81. The topological polar surface area (TPSA) is 90.9 Å². The zero-order chi connectivity index (χ0) is 23.4. The second-order valence-corrected chi connectivity index (χ2v) is 7.03. The normalized spacial score (nSPS) is 11.2. The minimum Gasteiger partial charge on any atom is -0.469 e. The number of hydrogen-bond acceptors (Lipinski definition) is 9. The van der Waals surface area contributed by atoms with Gasteiger partial charge in [0.25, 0.3) is 0 Å². The van der Waals surface area contributed by atoms with E-state index in [2.05, 4.69) is 11.7 Å². The summed E-state index contributed by atoms with van der Waals surface area (Å²) in [5, 5.41) is 0. The SMILES string of the molecule is CCCCCCCOCCOCCOCCOCCOCCOCCOCCC(=O)OC. The highest BCUT2D eigenvalue weighted by molar-refractivity contribution is 5.69. The highest BCUT2D eigenvalue weighted by atomic mass is 16.6. The van der Waals surface area contributed by atoms with E-state index in [9.17, 15) is 4.79 Å². The van der Waals surface area contributed by atoms with Crippen LogP contribution in [-0.4, -0.2) is 106 Å². The molecule has 0 bridgehead atoms. The van der Waals surface area contributed by atoms with Gasteiger partial charge in [-0.3, -0.25) is 4.79 Å². The lowest BCUT2D eigenvalue weighted by molar-refractivity contribution is -0.141. The van der Waals surface area contributed by atoms with Crippen LogP contribution in [0.4, 0.5) is 0 Å². The van der Waals surface area contributed by atoms with Crippen molar-refractivity contribution >= 4 is 5.97 Å². The summed E-state index contributed by atoms with van der Waals surface area (Å²) < 4.78 is 42.4. The van der Waals surface area contributed by atoms with Crippen molar-refractivity contribution < 1.29 is 42.7 Å². The smallest absolute Gasteiger partial charge is 0.307 e. The van der Waals surface area contributed by atoms with E-state index >= 15 is 0 Å². The Kier molecular flexibility index (Phi) is 27.5. The number of methoxy groups -OCH3 is 1. The van der Waals surface area contributed by atoms with Crippen molar-refractivity contribution in [2.24, 2.45) is 0 Å². The first-order valence-electron chi connectivity index (χ1n) is 11.9. The minimum absolute atomic E-state index is 0.257. The Morgan fingerprint density at radius 3 is 1.19 bits per heavy atom. The van der Waals surface area contributed by atoms with Gasteiger partial charge in [-0.15, -0.1) is 0 Å². The van der Waals surface area contributed by atoms with Gasteiger partial charge in [0, 0.05) is 6.61 Å². The summed E-state index contributed by atoms with van der Waals surface area (Å²) in [7, 11) is 1.36. The van der Waals surface area contributed by atoms with Crippen molar-refractivity contribution in [1.82, 2.24) is 0 Å². The van der Waals surface area contributed by atoms with E-state index in [0.29, 0.717) is 85.9 Å². The fraction of sp³-hybridized carbons (Fsp3) is 0.957. The van der Waals surface area contributed by atoms with Crippen molar-refractivity contribution in [2.75, 3.05) is 99.6 Å². The minimum atomic E-state index is -0.276. The molecule has 0 atom stereocenters. The Morgan fingerprint density at radius 1 is 0.469 bits per heavy atom. The van der Waals surface area contributed by atoms with Gasteiger partial charge in [0.05, 0.1) is 99.4 Å². The van der Waals surface area contributed by atoms with E-state index in [1.807, 2.05) is 0 Å². The second kappa shape index (κ2) is 28.2. The summed E-state index contributed by atoms with van der Waals surface area (Å²) in [6.07, 6.45) is 6.54. The number of esters is 1. The molecule has 32 heavy (non-hydrogen) atoms. The van der Waals surface area contributed by atoms with Gasteiger partial charge in [0.15, 0.2) is 0 Å². The molecule has 0 radical (unpaired) electrons. The number of carbonyl (C=O) groups excluding carboxylic acids is 1. The number of unbranched alkanes of at least 4 members (excludes halogenated alkanes) is 4. The predicted octanol–water partition coefficient (Wildman–Crippen LogP) is 2.64. The summed E-state index contributed by atoms with van der Waals surface area (Å²) in [5.74, 6) is -0.276. The molecule has 0 N–H and O–H groups in total. The number of rotatable bonds is 27. The van der Waals surface area contributed by atoms with E-state index < -0.39 is 0 Å². The molecule has 192 valence electrons. The number of carbonyl (C=O) groups is 1. The van der Waals surface area contributed by atoms with Gasteiger partial charge in [-0.2, -0.15) is 0 Å². The molecule has 0 aliphatic rings. The molecule has 9 nitrogen and oxygen atoms in total. The third-order valence-electron chi connectivity index (χ3n) is 4.30. The van der Waals surface area contributed by atoms with Gasteiger partial charge in [-0.1, -0.05) is 32.6 Å². The lowest BCUT2D eigenvalue weighted by Gasteiger charge is -2.08. The second-order valence-electron chi connectivity index (χ2n) is 7.03. The maximum absolute atomic E-state index is 10.9. The van der Waals surface area contributed by atoms with Gasteiger partial charge < -0.3 is 37.9 Å². The highest BCUT2D eigenvalue weighted by Crippen LogP contribution is 2.02. The molecule has 0 rings (SSSR count). The quantitative estimate of drug-likeness (QED) is 0.134.